The highest BCUT2D eigenvalue weighted by molar-refractivity contribution is 5.65. The van der Waals surface area contributed by atoms with Crippen molar-refractivity contribution in [2.24, 2.45) is 0 Å². The predicted octanol–water partition coefficient (Wildman–Crippen LogP) is 3.12. The lowest BCUT2D eigenvalue weighted by molar-refractivity contribution is 0.171. The summed E-state index contributed by atoms with van der Waals surface area (Å²) in [5, 5.41) is 3.26. The first-order chi connectivity index (χ1) is 13.6. The van der Waals surface area contributed by atoms with Crippen molar-refractivity contribution in [3.63, 3.8) is 0 Å². The first kappa shape index (κ1) is 17.9. The summed E-state index contributed by atoms with van der Waals surface area (Å²) in [6.45, 7) is 3.55. The lowest BCUT2D eigenvalue weighted by Gasteiger charge is -2.21. The van der Waals surface area contributed by atoms with E-state index in [2.05, 4.69) is 10.3 Å². The van der Waals surface area contributed by atoms with Gasteiger partial charge in [-0.05, 0) is 24.1 Å². The smallest absolute Gasteiger partial charge is 0.316 e. The molecule has 0 aliphatic carbocycles. The average molecular weight is 379 g/mol. The number of aryl methyl sites for hydroxylation is 1. The maximum Gasteiger partial charge on any atom is 0.316 e. The number of methoxy groups -OCH3 is 1. The van der Waals surface area contributed by atoms with Crippen molar-refractivity contribution >= 4 is 11.6 Å². The molecule has 3 aromatic rings. The Labute approximate surface area is 162 Å². The second-order valence-electron chi connectivity index (χ2n) is 6.49. The molecule has 0 bridgehead atoms. The van der Waals surface area contributed by atoms with Gasteiger partial charge in [0.25, 0.3) is 0 Å². The van der Waals surface area contributed by atoms with E-state index in [0.717, 1.165) is 22.6 Å². The molecule has 1 aliphatic rings. The maximum absolute atomic E-state index is 12.2. The summed E-state index contributed by atoms with van der Waals surface area (Å²) in [5.74, 6) is 2.01. The van der Waals surface area contributed by atoms with E-state index in [0.29, 0.717) is 31.5 Å². The number of fused-ring (bicyclic) bond motifs is 1. The molecule has 0 saturated carbocycles. The van der Waals surface area contributed by atoms with Crippen LogP contribution in [-0.2, 0) is 6.54 Å². The Morgan fingerprint density at radius 1 is 1.14 bits per heavy atom. The van der Waals surface area contributed by atoms with Gasteiger partial charge in [0.1, 0.15) is 13.2 Å². The van der Waals surface area contributed by atoms with Crippen LogP contribution in [0.3, 0.4) is 0 Å². The van der Waals surface area contributed by atoms with Gasteiger partial charge in [-0.2, -0.15) is 4.98 Å². The molecule has 0 atom stereocenters. The van der Waals surface area contributed by atoms with Crippen LogP contribution in [0.5, 0.6) is 17.2 Å². The minimum Gasteiger partial charge on any atom is -0.490 e. The summed E-state index contributed by atoms with van der Waals surface area (Å²) >= 11 is 0. The fourth-order valence-corrected chi connectivity index (χ4v) is 3.06. The van der Waals surface area contributed by atoms with Crippen LogP contribution >= 0.6 is 0 Å². The van der Waals surface area contributed by atoms with E-state index in [-0.39, 0.29) is 5.75 Å². The number of aromatic nitrogens is 2. The molecule has 28 heavy (non-hydrogen) atoms. The molecule has 1 N–H and O–H groups in total. The number of nitrogens with one attached hydrogen (secondary N) is 1. The van der Waals surface area contributed by atoms with Gasteiger partial charge in [0.2, 0.25) is 11.7 Å². The maximum atomic E-state index is 12.2. The molecule has 2 heterocycles. The van der Waals surface area contributed by atoms with Crippen molar-refractivity contribution < 1.29 is 14.2 Å². The van der Waals surface area contributed by atoms with Crippen LogP contribution in [0.1, 0.15) is 11.1 Å². The Morgan fingerprint density at radius 2 is 1.86 bits per heavy atom. The summed E-state index contributed by atoms with van der Waals surface area (Å²) in [5.41, 5.74) is 2.41. The minimum atomic E-state index is -0.426. The van der Waals surface area contributed by atoms with Gasteiger partial charge in [-0.25, -0.2) is 0 Å². The lowest BCUT2D eigenvalue weighted by atomic mass is 10.1. The van der Waals surface area contributed by atoms with Crippen LogP contribution in [0.25, 0.3) is 0 Å². The van der Waals surface area contributed by atoms with Crippen LogP contribution in [0.2, 0.25) is 0 Å². The number of hydrogen-bond donors (Lipinski definition) is 1. The Hall–Kier alpha value is -3.48. The molecular formula is C21H21N3O4. The zero-order chi connectivity index (χ0) is 19.5. The van der Waals surface area contributed by atoms with Crippen molar-refractivity contribution in [2.75, 3.05) is 25.6 Å². The molecule has 144 valence electrons. The van der Waals surface area contributed by atoms with Crippen molar-refractivity contribution in [3.8, 4) is 17.2 Å². The van der Waals surface area contributed by atoms with Gasteiger partial charge < -0.3 is 24.1 Å². The summed E-state index contributed by atoms with van der Waals surface area (Å²) in [6.07, 6.45) is 1.66. The number of ether oxygens (including phenoxy) is 3. The number of anilines is 2. The Kier molecular flexibility index (Phi) is 4.89. The van der Waals surface area contributed by atoms with Crippen molar-refractivity contribution in [2.45, 2.75) is 13.5 Å². The van der Waals surface area contributed by atoms with Gasteiger partial charge in [0, 0.05) is 11.8 Å². The number of benzene rings is 2. The zero-order valence-corrected chi connectivity index (χ0v) is 15.8. The summed E-state index contributed by atoms with van der Waals surface area (Å²) in [6, 6.07) is 13.7. The summed E-state index contributed by atoms with van der Waals surface area (Å²) in [7, 11) is 1.46. The number of rotatable bonds is 5. The van der Waals surface area contributed by atoms with E-state index in [1.165, 1.54) is 7.11 Å². The molecule has 0 spiro atoms. The van der Waals surface area contributed by atoms with E-state index in [1.807, 2.05) is 54.0 Å². The van der Waals surface area contributed by atoms with Gasteiger partial charge in [-0.15, -0.1) is 0 Å². The van der Waals surface area contributed by atoms with E-state index in [9.17, 15) is 4.79 Å². The Balaban J connectivity index is 1.72. The highest BCUT2D eigenvalue weighted by Gasteiger charge is 2.16. The Morgan fingerprint density at radius 3 is 2.57 bits per heavy atom. The second kappa shape index (κ2) is 7.64. The normalized spacial score (nSPS) is 12.5. The molecule has 0 saturated heterocycles. The molecule has 7 nitrogen and oxygen atoms in total. The third-order valence-electron chi connectivity index (χ3n) is 4.51. The second-order valence-corrected chi connectivity index (χ2v) is 6.49. The molecule has 0 unspecified atom stereocenters. The fourth-order valence-electron chi connectivity index (χ4n) is 3.06. The van der Waals surface area contributed by atoms with Crippen molar-refractivity contribution in [3.05, 3.63) is 70.1 Å². The Bertz CT molecular complexity index is 1050. The molecule has 1 aromatic heterocycles. The van der Waals surface area contributed by atoms with Crippen LogP contribution in [0.4, 0.5) is 11.6 Å². The zero-order valence-electron chi connectivity index (χ0n) is 15.8. The number of hydrogen-bond acceptors (Lipinski definition) is 6. The SMILES string of the molecule is COc1cn(Cc2ccccc2)c(Nc2cc3c(cc2C)OCCO3)nc1=O. The quantitative estimate of drug-likeness (QED) is 0.734. The molecule has 0 fully saturated rings. The van der Waals surface area contributed by atoms with Crippen LogP contribution in [0, 0.1) is 6.92 Å². The largest absolute Gasteiger partial charge is 0.490 e. The van der Waals surface area contributed by atoms with Gasteiger partial charge in [-0.1, -0.05) is 30.3 Å². The molecule has 4 rings (SSSR count). The van der Waals surface area contributed by atoms with Gasteiger partial charge >= 0.3 is 5.56 Å². The molecule has 1 aliphatic heterocycles. The molecule has 0 radical (unpaired) electrons. The monoisotopic (exact) mass is 379 g/mol. The number of nitrogens with zero attached hydrogens (tertiary/aromatic N) is 2. The standard InChI is InChI=1S/C21H21N3O4/c1-14-10-17-18(28-9-8-27-17)11-16(14)22-21-23-20(25)19(26-2)13-24(21)12-15-6-4-3-5-7-15/h3-7,10-11,13H,8-9,12H2,1-2H3,(H,22,23,25). The van der Waals surface area contributed by atoms with E-state index in [4.69, 9.17) is 14.2 Å². The fraction of sp³-hybridized carbons (Fsp3) is 0.238. The van der Waals surface area contributed by atoms with E-state index >= 15 is 0 Å². The van der Waals surface area contributed by atoms with E-state index in [1.54, 1.807) is 6.20 Å². The van der Waals surface area contributed by atoms with E-state index < -0.39 is 5.56 Å². The van der Waals surface area contributed by atoms with Crippen molar-refractivity contribution in [1.29, 1.82) is 0 Å². The van der Waals surface area contributed by atoms with Crippen LogP contribution in [0.15, 0.2) is 53.5 Å². The van der Waals surface area contributed by atoms with Gasteiger partial charge in [-0.3, -0.25) is 4.79 Å². The topological polar surface area (TPSA) is 74.6 Å². The molecular weight excluding hydrogens is 358 g/mol. The van der Waals surface area contributed by atoms with Crippen LogP contribution < -0.4 is 25.1 Å². The summed E-state index contributed by atoms with van der Waals surface area (Å²) < 4.78 is 18.3. The molecule has 0 amide bonds. The first-order valence-electron chi connectivity index (χ1n) is 9.00. The van der Waals surface area contributed by atoms with Gasteiger partial charge in [0.15, 0.2) is 11.5 Å². The molecule has 7 heteroatoms. The highest BCUT2D eigenvalue weighted by atomic mass is 16.6. The minimum absolute atomic E-state index is 0.195. The third kappa shape index (κ3) is 3.64. The highest BCUT2D eigenvalue weighted by Crippen LogP contribution is 2.36. The predicted molar refractivity (Wildman–Crippen MR) is 106 cm³/mol. The molecule has 2 aromatic carbocycles. The average Bonchev–Trinajstić information content (AvgIpc) is 2.71. The van der Waals surface area contributed by atoms with Crippen molar-refractivity contribution in [1.82, 2.24) is 9.55 Å². The van der Waals surface area contributed by atoms with Crippen LogP contribution in [-0.4, -0.2) is 29.9 Å². The third-order valence-corrected chi connectivity index (χ3v) is 4.51. The van der Waals surface area contributed by atoms with Gasteiger partial charge in [0.05, 0.1) is 19.9 Å². The lowest BCUT2D eigenvalue weighted by Crippen LogP contribution is -2.19. The first-order valence-corrected chi connectivity index (χ1v) is 9.00. The summed E-state index contributed by atoms with van der Waals surface area (Å²) in [4.78, 5) is 16.4.